The molecule has 3 aromatic rings. The molecule has 0 unspecified atom stereocenters. The summed E-state index contributed by atoms with van der Waals surface area (Å²) in [5, 5.41) is 11.8. The quantitative estimate of drug-likeness (QED) is 0.355. The largest absolute Gasteiger partial charge is 0.490 e. The molecule has 0 aliphatic rings. The Kier molecular flexibility index (Phi) is 4.74. The third kappa shape index (κ3) is 3.37. The Labute approximate surface area is 141 Å². The summed E-state index contributed by atoms with van der Waals surface area (Å²) < 4.78 is 5.48. The second kappa shape index (κ2) is 7.30. The van der Waals surface area contributed by atoms with Crippen LogP contribution in [0.4, 0.5) is 0 Å². The minimum Gasteiger partial charge on any atom is -0.490 e. The van der Waals surface area contributed by atoms with Gasteiger partial charge in [-0.15, -0.1) is 0 Å². The van der Waals surface area contributed by atoms with E-state index in [1.54, 1.807) is 6.08 Å². The number of ether oxygens (including phenoxy) is 1. The maximum absolute atomic E-state index is 9.62. The summed E-state index contributed by atoms with van der Waals surface area (Å²) in [7, 11) is 0. The van der Waals surface area contributed by atoms with Gasteiger partial charge in [-0.2, -0.15) is 5.26 Å². The molecular formula is C22H17NO. The predicted octanol–water partition coefficient (Wildman–Crippen LogP) is 5.47. The first-order valence-electron chi connectivity index (χ1n) is 7.75. The fourth-order valence-electron chi connectivity index (χ4n) is 2.61. The van der Waals surface area contributed by atoms with Gasteiger partial charge in [0.1, 0.15) is 12.4 Å². The molecule has 0 N–H and O–H groups in total. The average molecular weight is 311 g/mol. The first kappa shape index (κ1) is 15.6. The Bertz CT molecular complexity index is 925. The lowest BCUT2D eigenvalue weighted by Crippen LogP contribution is -1.92. The highest BCUT2D eigenvalue weighted by molar-refractivity contribution is 6.01. The Morgan fingerprint density at radius 2 is 1.75 bits per heavy atom. The van der Waals surface area contributed by atoms with E-state index in [0.717, 1.165) is 27.6 Å². The number of rotatable bonds is 5. The number of allylic oxidation sites excluding steroid dienone is 1. The molecule has 3 rings (SSSR count). The fourth-order valence-corrected chi connectivity index (χ4v) is 2.61. The number of hydrogen-bond acceptors (Lipinski definition) is 2. The highest BCUT2D eigenvalue weighted by atomic mass is 16.5. The van der Waals surface area contributed by atoms with Crippen molar-refractivity contribution in [1.29, 1.82) is 5.26 Å². The van der Waals surface area contributed by atoms with Gasteiger partial charge < -0.3 is 4.74 Å². The van der Waals surface area contributed by atoms with E-state index in [1.165, 1.54) is 0 Å². The molecule has 24 heavy (non-hydrogen) atoms. The zero-order chi connectivity index (χ0) is 16.8. The molecule has 0 fully saturated rings. The van der Waals surface area contributed by atoms with Gasteiger partial charge in [0.15, 0.2) is 0 Å². The number of nitriles is 1. The van der Waals surface area contributed by atoms with E-state index in [9.17, 15) is 5.26 Å². The van der Waals surface area contributed by atoms with Crippen LogP contribution < -0.4 is 4.74 Å². The Hall–Kier alpha value is -3.31. The van der Waals surface area contributed by atoms with Gasteiger partial charge in [-0.1, -0.05) is 67.3 Å². The van der Waals surface area contributed by atoms with Gasteiger partial charge in [-0.05, 0) is 34.5 Å². The number of nitrogens with zero attached hydrogens (tertiary/aromatic N) is 1. The van der Waals surface area contributed by atoms with E-state index >= 15 is 0 Å². The third-order valence-electron chi connectivity index (χ3n) is 3.76. The van der Waals surface area contributed by atoms with Crippen LogP contribution in [0.5, 0.6) is 5.75 Å². The topological polar surface area (TPSA) is 33.0 Å². The van der Waals surface area contributed by atoms with E-state index in [0.29, 0.717) is 12.2 Å². The molecule has 0 aromatic heterocycles. The maximum atomic E-state index is 9.62. The van der Waals surface area contributed by atoms with E-state index in [-0.39, 0.29) is 0 Å². The summed E-state index contributed by atoms with van der Waals surface area (Å²) in [6.45, 7) is 4.11. The van der Waals surface area contributed by atoms with Gasteiger partial charge in [-0.25, -0.2) is 0 Å². The van der Waals surface area contributed by atoms with Gasteiger partial charge in [0.2, 0.25) is 0 Å². The van der Waals surface area contributed by atoms with Crippen LogP contribution in [0.3, 0.4) is 0 Å². The van der Waals surface area contributed by atoms with Gasteiger partial charge in [0, 0.05) is 5.56 Å². The zero-order valence-electron chi connectivity index (χ0n) is 13.3. The van der Waals surface area contributed by atoms with Crippen LogP contribution >= 0.6 is 0 Å². The molecule has 3 aromatic carbocycles. The van der Waals surface area contributed by atoms with Crippen molar-refractivity contribution >= 4 is 22.4 Å². The number of hydrogen-bond donors (Lipinski definition) is 0. The summed E-state index contributed by atoms with van der Waals surface area (Å²) in [5.41, 5.74) is 2.56. The smallest absolute Gasteiger partial charge is 0.119 e. The zero-order valence-corrected chi connectivity index (χ0v) is 13.3. The van der Waals surface area contributed by atoms with E-state index in [2.05, 4.69) is 24.8 Å². The van der Waals surface area contributed by atoms with Crippen LogP contribution in [0.15, 0.2) is 79.4 Å². The molecule has 0 amide bonds. The molecule has 0 aliphatic heterocycles. The van der Waals surface area contributed by atoms with Crippen molar-refractivity contribution in [2.75, 3.05) is 6.61 Å². The van der Waals surface area contributed by atoms with Crippen molar-refractivity contribution in [2.24, 2.45) is 0 Å². The molecule has 0 heterocycles. The van der Waals surface area contributed by atoms with Crippen molar-refractivity contribution < 1.29 is 4.74 Å². The lowest BCUT2D eigenvalue weighted by Gasteiger charge is -2.06. The van der Waals surface area contributed by atoms with Crippen LogP contribution in [0, 0.1) is 11.3 Å². The first-order chi connectivity index (χ1) is 11.8. The lowest BCUT2D eigenvalue weighted by molar-refractivity contribution is 0.363. The van der Waals surface area contributed by atoms with Gasteiger partial charge >= 0.3 is 0 Å². The number of benzene rings is 3. The fraction of sp³-hybridized carbons (Fsp3) is 0.0455. The lowest BCUT2D eigenvalue weighted by atomic mass is 9.97. The van der Waals surface area contributed by atoms with Crippen molar-refractivity contribution in [2.45, 2.75) is 0 Å². The average Bonchev–Trinajstić information content (AvgIpc) is 2.65. The molecule has 0 atom stereocenters. The molecular weight excluding hydrogens is 294 g/mol. The van der Waals surface area contributed by atoms with E-state index in [4.69, 9.17) is 4.74 Å². The van der Waals surface area contributed by atoms with Crippen molar-refractivity contribution in [3.63, 3.8) is 0 Å². The predicted molar refractivity (Wildman–Crippen MR) is 99.6 cm³/mol. The SMILES string of the molecule is C=CCOc1ccc(/C=C(/C#N)c2cccc3ccccc23)cc1. The van der Waals surface area contributed by atoms with Crippen LogP contribution in [-0.4, -0.2) is 6.61 Å². The monoisotopic (exact) mass is 311 g/mol. The summed E-state index contributed by atoms with van der Waals surface area (Å²) in [4.78, 5) is 0. The first-order valence-corrected chi connectivity index (χ1v) is 7.75. The molecule has 2 nitrogen and oxygen atoms in total. The molecule has 0 spiro atoms. The minimum atomic E-state index is 0.481. The highest BCUT2D eigenvalue weighted by Crippen LogP contribution is 2.26. The van der Waals surface area contributed by atoms with Crippen LogP contribution in [0.2, 0.25) is 0 Å². The number of fused-ring (bicyclic) bond motifs is 1. The van der Waals surface area contributed by atoms with Gasteiger partial charge in [0.05, 0.1) is 11.6 Å². The highest BCUT2D eigenvalue weighted by Gasteiger charge is 2.06. The summed E-state index contributed by atoms with van der Waals surface area (Å²) in [5.74, 6) is 0.788. The Balaban J connectivity index is 1.97. The molecule has 2 heteroatoms. The van der Waals surface area contributed by atoms with Gasteiger partial charge in [-0.3, -0.25) is 0 Å². The maximum Gasteiger partial charge on any atom is 0.119 e. The van der Waals surface area contributed by atoms with Crippen molar-refractivity contribution in [3.05, 3.63) is 90.5 Å². The summed E-state index contributed by atoms with van der Waals surface area (Å²) >= 11 is 0. The molecule has 0 saturated carbocycles. The summed E-state index contributed by atoms with van der Waals surface area (Å²) in [6, 6.07) is 24.1. The Morgan fingerprint density at radius 3 is 2.50 bits per heavy atom. The van der Waals surface area contributed by atoms with Gasteiger partial charge in [0.25, 0.3) is 0 Å². The second-order valence-corrected chi connectivity index (χ2v) is 5.37. The van der Waals surface area contributed by atoms with Crippen LogP contribution in [-0.2, 0) is 0 Å². The minimum absolute atomic E-state index is 0.481. The molecule has 0 saturated heterocycles. The van der Waals surface area contributed by atoms with E-state index in [1.807, 2.05) is 60.7 Å². The third-order valence-corrected chi connectivity index (χ3v) is 3.76. The van der Waals surface area contributed by atoms with Crippen LogP contribution in [0.25, 0.3) is 22.4 Å². The molecule has 0 bridgehead atoms. The molecule has 0 aliphatic carbocycles. The molecule has 116 valence electrons. The normalized spacial score (nSPS) is 11.0. The van der Waals surface area contributed by atoms with E-state index < -0.39 is 0 Å². The Morgan fingerprint density at radius 1 is 1.00 bits per heavy atom. The second-order valence-electron chi connectivity index (χ2n) is 5.37. The van der Waals surface area contributed by atoms with Crippen LogP contribution in [0.1, 0.15) is 11.1 Å². The summed E-state index contributed by atoms with van der Waals surface area (Å²) in [6.07, 6.45) is 3.61. The molecule has 0 radical (unpaired) electrons. The van der Waals surface area contributed by atoms with Crippen molar-refractivity contribution in [1.82, 2.24) is 0 Å². The van der Waals surface area contributed by atoms with Crippen molar-refractivity contribution in [3.8, 4) is 11.8 Å². The standard InChI is InChI=1S/C22H17NO/c1-2-14-24-20-12-10-17(11-13-20)15-19(16-23)22-9-5-7-18-6-3-4-8-21(18)22/h2-13,15H,1,14H2/b19-15-.